The Kier molecular flexibility index (Phi) is 3.72. The number of hydrogen-bond donors (Lipinski definition) is 2. The Morgan fingerprint density at radius 1 is 1.35 bits per heavy atom. The lowest BCUT2D eigenvalue weighted by Crippen LogP contribution is -2.38. The molecular weight excluding hydrogens is 250 g/mol. The number of amides is 1. The van der Waals surface area contributed by atoms with Crippen molar-refractivity contribution in [3.63, 3.8) is 0 Å². The lowest BCUT2D eigenvalue weighted by Gasteiger charge is -2.28. The van der Waals surface area contributed by atoms with Crippen LogP contribution in [-0.4, -0.2) is 22.1 Å². The van der Waals surface area contributed by atoms with E-state index < -0.39 is 0 Å². The number of fused-ring (bicyclic) bond motifs is 1. The first-order valence-electron chi connectivity index (χ1n) is 7.48. The molecule has 2 N–H and O–H groups in total. The maximum atomic E-state index is 12.3. The van der Waals surface area contributed by atoms with E-state index in [4.69, 9.17) is 0 Å². The van der Waals surface area contributed by atoms with E-state index >= 15 is 0 Å². The van der Waals surface area contributed by atoms with E-state index in [1.165, 1.54) is 32.1 Å². The van der Waals surface area contributed by atoms with E-state index in [1.54, 1.807) is 6.20 Å². The molecule has 0 unspecified atom stereocenters. The lowest BCUT2D eigenvalue weighted by molar-refractivity contribution is 0.0919. The average Bonchev–Trinajstić information content (AvgIpc) is 2.95. The number of aromatic nitrogens is 2. The zero-order valence-electron chi connectivity index (χ0n) is 11.9. The molecule has 4 nitrogen and oxygen atoms in total. The summed E-state index contributed by atoms with van der Waals surface area (Å²) >= 11 is 0. The maximum absolute atomic E-state index is 12.3. The van der Waals surface area contributed by atoms with Crippen molar-refractivity contribution in [1.29, 1.82) is 0 Å². The van der Waals surface area contributed by atoms with Crippen molar-refractivity contribution in [2.24, 2.45) is 5.92 Å². The van der Waals surface area contributed by atoms with Crippen LogP contribution < -0.4 is 5.32 Å². The van der Waals surface area contributed by atoms with Crippen molar-refractivity contribution < 1.29 is 4.79 Å². The van der Waals surface area contributed by atoms with Gasteiger partial charge in [0.2, 0.25) is 0 Å². The summed E-state index contributed by atoms with van der Waals surface area (Å²) in [6.07, 6.45) is 8.16. The molecule has 4 heteroatoms. The summed E-state index contributed by atoms with van der Waals surface area (Å²) in [6.45, 7) is 2.13. The second-order valence-electron chi connectivity index (χ2n) is 5.83. The molecule has 1 aromatic carbocycles. The van der Waals surface area contributed by atoms with Gasteiger partial charge in [-0.3, -0.25) is 9.89 Å². The molecule has 1 aromatic heterocycles. The molecule has 3 rings (SSSR count). The molecule has 0 spiro atoms. The van der Waals surface area contributed by atoms with Crippen LogP contribution in [0.5, 0.6) is 0 Å². The standard InChI is InChI=1S/C16H21N3O/c1-11(12-5-3-2-4-6-12)18-16(20)13-7-8-15-14(9-13)10-17-19-15/h7-12H,2-6H2,1H3,(H,17,19)(H,18,20)/t11-/m0/s1. The fraction of sp³-hybridized carbons (Fsp3) is 0.500. The summed E-state index contributed by atoms with van der Waals surface area (Å²) in [5.74, 6) is 0.650. The molecule has 0 saturated heterocycles. The van der Waals surface area contributed by atoms with Crippen LogP contribution in [0, 0.1) is 5.92 Å². The van der Waals surface area contributed by atoms with E-state index in [1.807, 2.05) is 18.2 Å². The number of H-pyrrole nitrogens is 1. The predicted molar refractivity (Wildman–Crippen MR) is 79.6 cm³/mol. The van der Waals surface area contributed by atoms with Crippen LogP contribution in [0.4, 0.5) is 0 Å². The second-order valence-corrected chi connectivity index (χ2v) is 5.83. The van der Waals surface area contributed by atoms with Crippen LogP contribution in [-0.2, 0) is 0 Å². The first-order chi connectivity index (χ1) is 9.74. The van der Waals surface area contributed by atoms with Gasteiger partial charge in [-0.1, -0.05) is 19.3 Å². The first kappa shape index (κ1) is 13.2. The highest BCUT2D eigenvalue weighted by molar-refractivity contribution is 5.97. The van der Waals surface area contributed by atoms with Gasteiger partial charge in [-0.05, 0) is 43.9 Å². The van der Waals surface area contributed by atoms with Gasteiger partial charge in [-0.2, -0.15) is 5.10 Å². The number of carbonyl (C=O) groups is 1. The fourth-order valence-electron chi connectivity index (χ4n) is 3.13. The third-order valence-electron chi connectivity index (χ3n) is 4.42. The zero-order chi connectivity index (χ0) is 13.9. The molecule has 1 atom stereocenters. The van der Waals surface area contributed by atoms with Crippen LogP contribution in [0.25, 0.3) is 10.9 Å². The molecule has 1 aliphatic rings. The summed E-state index contributed by atoms with van der Waals surface area (Å²) in [6, 6.07) is 5.90. The van der Waals surface area contributed by atoms with Crippen LogP contribution in [0.2, 0.25) is 0 Å². The van der Waals surface area contributed by atoms with Gasteiger partial charge in [0.1, 0.15) is 0 Å². The SMILES string of the molecule is C[C@H](NC(=O)c1ccc2[nH]ncc2c1)C1CCCCC1. The number of nitrogens with one attached hydrogen (secondary N) is 2. The summed E-state index contributed by atoms with van der Waals surface area (Å²) < 4.78 is 0. The van der Waals surface area contributed by atoms with Crippen molar-refractivity contribution in [2.75, 3.05) is 0 Å². The van der Waals surface area contributed by atoms with Crippen LogP contribution >= 0.6 is 0 Å². The molecule has 20 heavy (non-hydrogen) atoms. The highest BCUT2D eigenvalue weighted by atomic mass is 16.1. The van der Waals surface area contributed by atoms with E-state index in [-0.39, 0.29) is 11.9 Å². The normalized spacial score (nSPS) is 18.1. The van der Waals surface area contributed by atoms with E-state index in [0.29, 0.717) is 11.5 Å². The molecule has 1 saturated carbocycles. The highest BCUT2D eigenvalue weighted by Crippen LogP contribution is 2.26. The van der Waals surface area contributed by atoms with Crippen molar-refractivity contribution in [3.8, 4) is 0 Å². The molecule has 106 valence electrons. The van der Waals surface area contributed by atoms with Gasteiger partial charge in [0, 0.05) is 17.0 Å². The molecule has 0 aliphatic heterocycles. The largest absolute Gasteiger partial charge is 0.349 e. The van der Waals surface area contributed by atoms with Crippen molar-refractivity contribution in [2.45, 2.75) is 45.1 Å². The number of aromatic amines is 1. The minimum atomic E-state index is 0.0196. The second kappa shape index (κ2) is 5.65. The van der Waals surface area contributed by atoms with Crippen LogP contribution in [0.3, 0.4) is 0 Å². The first-order valence-corrected chi connectivity index (χ1v) is 7.48. The van der Waals surface area contributed by atoms with Crippen molar-refractivity contribution in [1.82, 2.24) is 15.5 Å². The summed E-state index contributed by atoms with van der Waals surface area (Å²) in [5.41, 5.74) is 1.67. The predicted octanol–water partition coefficient (Wildman–Crippen LogP) is 3.26. The Labute approximate surface area is 119 Å². The monoisotopic (exact) mass is 271 g/mol. The Hall–Kier alpha value is -1.84. The van der Waals surface area contributed by atoms with E-state index in [9.17, 15) is 4.79 Å². The molecular formula is C16H21N3O. The molecule has 1 fully saturated rings. The van der Waals surface area contributed by atoms with Crippen molar-refractivity contribution in [3.05, 3.63) is 30.0 Å². The third kappa shape index (κ3) is 2.69. The average molecular weight is 271 g/mol. The Bertz CT molecular complexity index is 599. The number of nitrogens with zero attached hydrogens (tertiary/aromatic N) is 1. The lowest BCUT2D eigenvalue weighted by atomic mass is 9.84. The zero-order valence-corrected chi connectivity index (χ0v) is 11.9. The quantitative estimate of drug-likeness (QED) is 0.900. The Balaban J connectivity index is 1.68. The molecule has 1 heterocycles. The van der Waals surface area contributed by atoms with Crippen LogP contribution in [0.15, 0.2) is 24.4 Å². The van der Waals surface area contributed by atoms with Gasteiger partial charge in [0.15, 0.2) is 0 Å². The third-order valence-corrected chi connectivity index (χ3v) is 4.42. The number of benzene rings is 1. The summed E-state index contributed by atoms with van der Waals surface area (Å²) in [4.78, 5) is 12.3. The van der Waals surface area contributed by atoms with Gasteiger partial charge in [0.25, 0.3) is 5.91 Å². The van der Waals surface area contributed by atoms with Gasteiger partial charge < -0.3 is 5.32 Å². The number of hydrogen-bond acceptors (Lipinski definition) is 2. The number of carbonyl (C=O) groups excluding carboxylic acids is 1. The molecule has 2 aromatic rings. The smallest absolute Gasteiger partial charge is 0.251 e. The molecule has 1 aliphatic carbocycles. The topological polar surface area (TPSA) is 57.8 Å². The maximum Gasteiger partial charge on any atom is 0.251 e. The summed E-state index contributed by atoms with van der Waals surface area (Å²) in [7, 11) is 0. The molecule has 0 radical (unpaired) electrons. The Morgan fingerprint density at radius 2 is 2.15 bits per heavy atom. The van der Waals surface area contributed by atoms with Crippen LogP contribution in [0.1, 0.15) is 49.4 Å². The molecule has 0 bridgehead atoms. The summed E-state index contributed by atoms with van der Waals surface area (Å²) in [5, 5.41) is 11.0. The van der Waals surface area contributed by atoms with Gasteiger partial charge in [-0.25, -0.2) is 0 Å². The van der Waals surface area contributed by atoms with Crippen molar-refractivity contribution >= 4 is 16.8 Å². The van der Waals surface area contributed by atoms with Gasteiger partial charge >= 0.3 is 0 Å². The van der Waals surface area contributed by atoms with Gasteiger partial charge in [-0.15, -0.1) is 0 Å². The highest BCUT2D eigenvalue weighted by Gasteiger charge is 2.21. The Morgan fingerprint density at radius 3 is 2.95 bits per heavy atom. The van der Waals surface area contributed by atoms with E-state index in [2.05, 4.69) is 22.4 Å². The van der Waals surface area contributed by atoms with E-state index in [0.717, 1.165) is 10.9 Å². The minimum Gasteiger partial charge on any atom is -0.349 e. The molecule has 1 amide bonds. The fourth-order valence-corrected chi connectivity index (χ4v) is 3.13. The number of rotatable bonds is 3. The van der Waals surface area contributed by atoms with Gasteiger partial charge in [0.05, 0.1) is 11.7 Å². The minimum absolute atomic E-state index is 0.0196.